The zero-order valence-corrected chi connectivity index (χ0v) is 18.3. The number of fused-ring (bicyclic) bond motifs is 1. The Labute approximate surface area is 175 Å². The lowest BCUT2D eigenvalue weighted by Crippen LogP contribution is -2.28. The highest BCUT2D eigenvalue weighted by Gasteiger charge is 2.31. The van der Waals surface area contributed by atoms with E-state index in [4.69, 9.17) is 5.10 Å². The van der Waals surface area contributed by atoms with E-state index in [2.05, 4.69) is 19.2 Å². The number of benzene rings is 1. The fourth-order valence-electron chi connectivity index (χ4n) is 4.55. The van der Waals surface area contributed by atoms with Crippen molar-refractivity contribution in [2.75, 3.05) is 5.32 Å². The van der Waals surface area contributed by atoms with Gasteiger partial charge >= 0.3 is 0 Å². The maximum absolute atomic E-state index is 13.1. The Morgan fingerprint density at radius 3 is 2.59 bits per heavy atom. The molecule has 29 heavy (non-hydrogen) atoms. The van der Waals surface area contributed by atoms with Gasteiger partial charge in [0.25, 0.3) is 0 Å². The van der Waals surface area contributed by atoms with Crippen molar-refractivity contribution >= 4 is 22.5 Å². The number of aryl methyl sites for hydroxylation is 1. The number of nitrogens with zero attached hydrogens (tertiary/aromatic N) is 2. The highest BCUT2D eigenvalue weighted by atomic mass is 32.2. The first-order valence-electron chi connectivity index (χ1n) is 10.9. The van der Waals surface area contributed by atoms with Crippen molar-refractivity contribution in [3.8, 4) is 5.69 Å². The molecule has 156 valence electrons. The normalized spacial score (nSPS) is 23.7. The Morgan fingerprint density at radius 1 is 1.17 bits per heavy atom. The van der Waals surface area contributed by atoms with Gasteiger partial charge in [-0.1, -0.05) is 43.9 Å². The Bertz CT molecular complexity index is 896. The molecule has 6 heteroatoms. The number of carbonyl (C=O) groups is 1. The zero-order chi connectivity index (χ0) is 20.4. The fraction of sp³-hybridized carbons (Fsp3) is 0.565. The van der Waals surface area contributed by atoms with Crippen molar-refractivity contribution in [3.05, 3.63) is 41.1 Å². The molecular weight excluding hydrogens is 382 g/mol. The number of anilines is 1. The molecule has 1 aliphatic carbocycles. The number of unbranched alkanes of at least 4 members (excludes halogenated alkanes) is 1. The Balaban J connectivity index is 1.51. The first-order chi connectivity index (χ1) is 14.0. The number of rotatable bonds is 6. The van der Waals surface area contributed by atoms with Gasteiger partial charge in [0.15, 0.2) is 0 Å². The molecule has 1 aliphatic heterocycles. The molecule has 0 bridgehead atoms. The van der Waals surface area contributed by atoms with Crippen molar-refractivity contribution in [1.29, 1.82) is 0 Å². The number of carbonyl (C=O) groups excluding carboxylic acids is 1. The second-order valence-corrected chi connectivity index (χ2v) is 10.1. The van der Waals surface area contributed by atoms with E-state index in [1.807, 2.05) is 28.9 Å². The summed E-state index contributed by atoms with van der Waals surface area (Å²) < 4.78 is 13.9. The van der Waals surface area contributed by atoms with Crippen LogP contribution in [0.5, 0.6) is 0 Å². The summed E-state index contributed by atoms with van der Waals surface area (Å²) in [6.07, 6.45) is 8.07. The molecule has 5 nitrogen and oxygen atoms in total. The Hall–Kier alpha value is -1.95. The van der Waals surface area contributed by atoms with Gasteiger partial charge in [-0.2, -0.15) is 5.10 Å². The van der Waals surface area contributed by atoms with E-state index >= 15 is 0 Å². The van der Waals surface area contributed by atoms with Crippen LogP contribution in [0.25, 0.3) is 5.69 Å². The standard InChI is InChI=1S/C23H31N3O2S/c1-3-4-5-17-8-10-18(11-9-17)23(27)24-22-20-14-29(28)15-21(20)25-26(22)19-12-6-16(2)7-13-19/h6-7,12-13,17-18H,3-5,8-11,14-15H2,1-2H3,(H,24,27). The van der Waals surface area contributed by atoms with Gasteiger partial charge in [-0.3, -0.25) is 9.00 Å². The minimum atomic E-state index is -0.922. The molecule has 0 saturated heterocycles. The Kier molecular flexibility index (Phi) is 6.18. The van der Waals surface area contributed by atoms with Crippen LogP contribution in [-0.4, -0.2) is 19.9 Å². The first-order valence-corrected chi connectivity index (χ1v) is 12.4. The highest BCUT2D eigenvalue weighted by molar-refractivity contribution is 7.83. The summed E-state index contributed by atoms with van der Waals surface area (Å²) in [6.45, 7) is 4.29. The molecule has 1 fully saturated rings. The van der Waals surface area contributed by atoms with E-state index < -0.39 is 10.8 Å². The van der Waals surface area contributed by atoms with Gasteiger partial charge in [-0.15, -0.1) is 0 Å². The third kappa shape index (κ3) is 4.47. The second kappa shape index (κ2) is 8.82. The third-order valence-corrected chi connectivity index (χ3v) is 7.58. The van der Waals surface area contributed by atoms with Crippen LogP contribution in [0.3, 0.4) is 0 Å². The van der Waals surface area contributed by atoms with E-state index in [0.717, 1.165) is 48.5 Å². The second-order valence-electron chi connectivity index (χ2n) is 8.60. The summed E-state index contributed by atoms with van der Waals surface area (Å²) >= 11 is 0. The van der Waals surface area contributed by atoms with Crippen molar-refractivity contribution in [1.82, 2.24) is 9.78 Å². The van der Waals surface area contributed by atoms with Gasteiger partial charge < -0.3 is 5.32 Å². The van der Waals surface area contributed by atoms with E-state index in [1.54, 1.807) is 0 Å². The predicted octanol–water partition coefficient (Wildman–Crippen LogP) is 4.88. The summed E-state index contributed by atoms with van der Waals surface area (Å²) in [5, 5.41) is 7.87. The van der Waals surface area contributed by atoms with Gasteiger partial charge in [-0.05, 0) is 50.7 Å². The monoisotopic (exact) mass is 413 g/mol. The molecule has 0 spiro atoms. The van der Waals surface area contributed by atoms with Crippen molar-refractivity contribution < 1.29 is 9.00 Å². The molecule has 1 aromatic heterocycles. The summed E-state index contributed by atoms with van der Waals surface area (Å²) in [4.78, 5) is 13.1. The lowest BCUT2D eigenvalue weighted by Gasteiger charge is -2.27. The first kappa shape index (κ1) is 20.3. The largest absolute Gasteiger partial charge is 0.310 e. The van der Waals surface area contributed by atoms with Gasteiger partial charge in [0.2, 0.25) is 5.91 Å². The number of hydrogen-bond donors (Lipinski definition) is 1. The van der Waals surface area contributed by atoms with Gasteiger partial charge in [0.1, 0.15) is 5.82 Å². The molecule has 1 aromatic carbocycles. The van der Waals surface area contributed by atoms with Crippen LogP contribution in [0.2, 0.25) is 0 Å². The average molecular weight is 414 g/mol. The molecule has 2 heterocycles. The molecule has 1 amide bonds. The number of hydrogen-bond acceptors (Lipinski definition) is 3. The molecule has 2 aromatic rings. The smallest absolute Gasteiger partial charge is 0.228 e. The number of amides is 1. The topological polar surface area (TPSA) is 64.0 Å². The molecule has 0 radical (unpaired) electrons. The summed E-state index contributed by atoms with van der Waals surface area (Å²) in [7, 11) is -0.922. The van der Waals surface area contributed by atoms with Crippen molar-refractivity contribution in [3.63, 3.8) is 0 Å². The van der Waals surface area contributed by atoms with E-state index in [1.165, 1.54) is 24.8 Å². The summed E-state index contributed by atoms with van der Waals surface area (Å²) in [5.41, 5.74) is 3.89. The van der Waals surface area contributed by atoms with Crippen LogP contribution >= 0.6 is 0 Å². The zero-order valence-electron chi connectivity index (χ0n) is 17.4. The summed E-state index contributed by atoms with van der Waals surface area (Å²) in [5.74, 6) is 2.60. The van der Waals surface area contributed by atoms with Crippen molar-refractivity contribution in [2.45, 2.75) is 70.3 Å². The predicted molar refractivity (Wildman–Crippen MR) is 117 cm³/mol. The van der Waals surface area contributed by atoms with Crippen molar-refractivity contribution in [2.24, 2.45) is 11.8 Å². The molecule has 4 rings (SSSR count). The Morgan fingerprint density at radius 2 is 1.90 bits per heavy atom. The van der Waals surface area contributed by atoms with Crippen LogP contribution in [0.4, 0.5) is 5.82 Å². The lowest BCUT2D eigenvalue weighted by atomic mass is 9.79. The number of nitrogens with one attached hydrogen (secondary N) is 1. The van der Waals surface area contributed by atoms with E-state index in [-0.39, 0.29) is 11.8 Å². The van der Waals surface area contributed by atoms with Gasteiger partial charge in [0.05, 0.1) is 22.9 Å². The maximum Gasteiger partial charge on any atom is 0.228 e. The van der Waals surface area contributed by atoms with Crippen LogP contribution in [-0.2, 0) is 27.1 Å². The maximum atomic E-state index is 13.1. The highest BCUT2D eigenvalue weighted by Crippen LogP contribution is 2.35. The van der Waals surface area contributed by atoms with Gasteiger partial charge in [-0.25, -0.2) is 4.68 Å². The minimum absolute atomic E-state index is 0.0665. The molecule has 1 N–H and O–H groups in total. The minimum Gasteiger partial charge on any atom is -0.310 e. The van der Waals surface area contributed by atoms with E-state index in [0.29, 0.717) is 17.3 Å². The van der Waals surface area contributed by atoms with Crippen LogP contribution < -0.4 is 5.32 Å². The third-order valence-electron chi connectivity index (χ3n) is 6.37. The van der Waals surface area contributed by atoms with Crippen LogP contribution in [0.15, 0.2) is 24.3 Å². The molecule has 2 aliphatic rings. The molecule has 1 atom stereocenters. The molecular formula is C23H31N3O2S. The molecule has 1 unspecified atom stereocenters. The number of aromatic nitrogens is 2. The quantitative estimate of drug-likeness (QED) is 0.734. The average Bonchev–Trinajstić information content (AvgIpc) is 3.24. The fourth-order valence-corrected chi connectivity index (χ4v) is 5.82. The lowest BCUT2D eigenvalue weighted by molar-refractivity contribution is -0.121. The van der Waals surface area contributed by atoms with Crippen LogP contribution in [0, 0.1) is 18.8 Å². The SMILES string of the molecule is CCCCC1CCC(C(=O)Nc2c3c(nn2-c2ccc(C)cc2)CS(=O)C3)CC1. The van der Waals surface area contributed by atoms with Crippen LogP contribution in [0.1, 0.15) is 68.7 Å². The van der Waals surface area contributed by atoms with Gasteiger partial charge in [0, 0.05) is 22.3 Å². The summed E-state index contributed by atoms with van der Waals surface area (Å²) in [6, 6.07) is 8.12. The van der Waals surface area contributed by atoms with E-state index in [9.17, 15) is 9.00 Å². The molecule has 1 saturated carbocycles.